The highest BCUT2D eigenvalue weighted by atomic mass is 16.2. The van der Waals surface area contributed by atoms with Gasteiger partial charge >= 0.3 is 0 Å². The van der Waals surface area contributed by atoms with E-state index < -0.39 is 0 Å². The third kappa shape index (κ3) is 4.69. The number of amides is 2. The van der Waals surface area contributed by atoms with E-state index in [-0.39, 0.29) is 11.9 Å². The second kappa shape index (κ2) is 7.65. The first-order valence-electron chi connectivity index (χ1n) is 9.45. The number of nitrogens with one attached hydrogen (secondary N) is 1. The summed E-state index contributed by atoms with van der Waals surface area (Å²) >= 11 is 0. The molecule has 0 aromatic rings. The van der Waals surface area contributed by atoms with Gasteiger partial charge < -0.3 is 10.2 Å². The van der Waals surface area contributed by atoms with Crippen molar-refractivity contribution < 1.29 is 9.59 Å². The smallest absolute Gasteiger partial charge is 0.237 e. The van der Waals surface area contributed by atoms with Crippen LogP contribution in [-0.4, -0.2) is 59.9 Å². The van der Waals surface area contributed by atoms with E-state index in [0.717, 1.165) is 51.4 Å². The summed E-state index contributed by atoms with van der Waals surface area (Å²) in [5.41, 5.74) is 0. The molecule has 2 aliphatic carbocycles. The Balaban J connectivity index is 1.36. The second-order valence-electron chi connectivity index (χ2n) is 7.56. The van der Waals surface area contributed by atoms with Crippen LogP contribution < -0.4 is 5.32 Å². The molecule has 0 spiro atoms. The van der Waals surface area contributed by atoms with E-state index >= 15 is 0 Å². The first-order chi connectivity index (χ1) is 11.1. The zero-order valence-corrected chi connectivity index (χ0v) is 14.4. The Morgan fingerprint density at radius 3 is 2.30 bits per heavy atom. The largest absolute Gasteiger partial charge is 0.352 e. The van der Waals surface area contributed by atoms with Crippen LogP contribution in [0.15, 0.2) is 0 Å². The molecule has 5 heteroatoms. The van der Waals surface area contributed by atoms with Gasteiger partial charge in [0.25, 0.3) is 0 Å². The molecule has 0 aromatic carbocycles. The average Bonchev–Trinajstić information content (AvgIpc) is 3.23. The molecule has 2 amide bonds. The van der Waals surface area contributed by atoms with Crippen LogP contribution >= 0.6 is 0 Å². The Bertz CT molecular complexity index is 422. The second-order valence-corrected chi connectivity index (χ2v) is 7.56. The minimum atomic E-state index is -0.0775. The molecule has 0 radical (unpaired) electrons. The van der Waals surface area contributed by atoms with E-state index in [1.807, 2.05) is 11.8 Å². The molecule has 3 rings (SSSR count). The summed E-state index contributed by atoms with van der Waals surface area (Å²) in [6.07, 6.45) is 9.35. The third-order valence-corrected chi connectivity index (χ3v) is 5.76. The van der Waals surface area contributed by atoms with Crippen LogP contribution in [0.1, 0.15) is 58.3 Å². The summed E-state index contributed by atoms with van der Waals surface area (Å²) in [7, 11) is 0. The quantitative estimate of drug-likeness (QED) is 0.811. The van der Waals surface area contributed by atoms with Crippen LogP contribution in [0, 0.1) is 5.92 Å². The fourth-order valence-electron chi connectivity index (χ4n) is 3.86. The number of rotatable bonds is 6. The van der Waals surface area contributed by atoms with Gasteiger partial charge in [0.05, 0.1) is 6.04 Å². The summed E-state index contributed by atoms with van der Waals surface area (Å²) in [6, 6.07) is 0.342. The molecule has 1 heterocycles. The Hall–Kier alpha value is -1.10. The van der Waals surface area contributed by atoms with E-state index in [2.05, 4.69) is 10.2 Å². The predicted molar refractivity (Wildman–Crippen MR) is 90.0 cm³/mol. The van der Waals surface area contributed by atoms with Crippen molar-refractivity contribution in [3.63, 3.8) is 0 Å². The van der Waals surface area contributed by atoms with Crippen LogP contribution in [-0.2, 0) is 9.59 Å². The van der Waals surface area contributed by atoms with E-state index in [1.165, 1.54) is 25.7 Å². The lowest BCUT2D eigenvalue weighted by Gasteiger charge is -2.37. The van der Waals surface area contributed by atoms with Crippen LogP contribution in [0.2, 0.25) is 0 Å². The molecule has 1 atom stereocenters. The number of carbonyl (C=O) groups is 2. The van der Waals surface area contributed by atoms with Gasteiger partial charge in [-0.3, -0.25) is 14.5 Å². The van der Waals surface area contributed by atoms with Gasteiger partial charge in [-0.2, -0.15) is 0 Å². The van der Waals surface area contributed by atoms with Gasteiger partial charge in [-0.05, 0) is 32.1 Å². The topological polar surface area (TPSA) is 52.7 Å². The average molecular weight is 321 g/mol. The van der Waals surface area contributed by atoms with Crippen LogP contribution in [0.4, 0.5) is 0 Å². The molecule has 0 bridgehead atoms. The Morgan fingerprint density at radius 2 is 1.70 bits per heavy atom. The Kier molecular flexibility index (Phi) is 5.57. The van der Waals surface area contributed by atoms with Gasteiger partial charge in [0.15, 0.2) is 0 Å². The summed E-state index contributed by atoms with van der Waals surface area (Å²) in [6.45, 7) is 5.15. The summed E-state index contributed by atoms with van der Waals surface area (Å²) in [4.78, 5) is 28.7. The molecule has 0 aromatic heterocycles. The lowest BCUT2D eigenvalue weighted by molar-refractivity contribution is -0.134. The standard InChI is InChI=1S/C18H31N3O2/c1-14(18(23)19-16-7-8-16)20-10-12-21(13-11-20)17(22)9-6-15-4-2-3-5-15/h14-16H,2-13H2,1H3,(H,19,23). The molecule has 130 valence electrons. The van der Waals surface area contributed by atoms with E-state index in [9.17, 15) is 9.59 Å². The minimum Gasteiger partial charge on any atom is -0.352 e. The molecular weight excluding hydrogens is 290 g/mol. The Morgan fingerprint density at radius 1 is 1.04 bits per heavy atom. The SMILES string of the molecule is CC(C(=O)NC1CC1)N1CCN(C(=O)CCC2CCCC2)CC1. The van der Waals surface area contributed by atoms with Crippen molar-refractivity contribution >= 4 is 11.8 Å². The van der Waals surface area contributed by atoms with Gasteiger partial charge in [-0.25, -0.2) is 0 Å². The fourth-order valence-corrected chi connectivity index (χ4v) is 3.86. The van der Waals surface area contributed by atoms with Gasteiger partial charge in [0.2, 0.25) is 11.8 Å². The highest BCUT2D eigenvalue weighted by Crippen LogP contribution is 2.28. The normalized spacial score (nSPS) is 24.7. The van der Waals surface area contributed by atoms with Crippen molar-refractivity contribution in [2.75, 3.05) is 26.2 Å². The maximum Gasteiger partial charge on any atom is 0.237 e. The van der Waals surface area contributed by atoms with E-state index in [4.69, 9.17) is 0 Å². The Labute approximate surface area is 139 Å². The summed E-state index contributed by atoms with van der Waals surface area (Å²) < 4.78 is 0. The van der Waals surface area contributed by atoms with Gasteiger partial charge in [-0.15, -0.1) is 0 Å². The van der Waals surface area contributed by atoms with Gasteiger partial charge in [0.1, 0.15) is 0 Å². The van der Waals surface area contributed by atoms with Crippen molar-refractivity contribution in [2.45, 2.75) is 70.4 Å². The van der Waals surface area contributed by atoms with E-state index in [1.54, 1.807) is 0 Å². The molecule has 1 unspecified atom stereocenters. The monoisotopic (exact) mass is 321 g/mol. The maximum atomic E-state index is 12.3. The van der Waals surface area contributed by atoms with Crippen molar-refractivity contribution in [3.8, 4) is 0 Å². The zero-order valence-electron chi connectivity index (χ0n) is 14.4. The molecule has 5 nitrogen and oxygen atoms in total. The highest BCUT2D eigenvalue weighted by molar-refractivity contribution is 5.82. The number of hydrogen-bond acceptors (Lipinski definition) is 3. The minimum absolute atomic E-state index is 0.0775. The van der Waals surface area contributed by atoms with Crippen molar-refractivity contribution in [3.05, 3.63) is 0 Å². The number of carbonyl (C=O) groups excluding carboxylic acids is 2. The zero-order chi connectivity index (χ0) is 16.2. The predicted octanol–water partition coefficient (Wildman–Crippen LogP) is 1.77. The molecule has 1 aliphatic heterocycles. The molecule has 1 saturated heterocycles. The first kappa shape index (κ1) is 16.7. The number of piperazine rings is 1. The number of hydrogen-bond donors (Lipinski definition) is 1. The first-order valence-corrected chi connectivity index (χ1v) is 9.45. The molecule has 3 fully saturated rings. The molecular formula is C18H31N3O2. The van der Waals surface area contributed by atoms with Crippen LogP contribution in [0.5, 0.6) is 0 Å². The van der Waals surface area contributed by atoms with E-state index in [0.29, 0.717) is 18.4 Å². The third-order valence-electron chi connectivity index (χ3n) is 5.76. The fraction of sp³-hybridized carbons (Fsp3) is 0.889. The number of nitrogens with zero attached hydrogens (tertiary/aromatic N) is 2. The molecule has 2 saturated carbocycles. The summed E-state index contributed by atoms with van der Waals surface area (Å²) in [5, 5.41) is 3.08. The lowest BCUT2D eigenvalue weighted by Crippen LogP contribution is -2.55. The molecule has 1 N–H and O–H groups in total. The van der Waals surface area contributed by atoms with Gasteiger partial charge in [-0.1, -0.05) is 25.7 Å². The molecule has 23 heavy (non-hydrogen) atoms. The summed E-state index contributed by atoms with van der Waals surface area (Å²) in [5.74, 6) is 1.24. The molecule has 3 aliphatic rings. The highest BCUT2D eigenvalue weighted by Gasteiger charge is 2.30. The van der Waals surface area contributed by atoms with Crippen LogP contribution in [0.25, 0.3) is 0 Å². The van der Waals surface area contributed by atoms with Gasteiger partial charge in [0, 0.05) is 38.6 Å². The van der Waals surface area contributed by atoms with Crippen molar-refractivity contribution in [1.82, 2.24) is 15.1 Å². The van der Waals surface area contributed by atoms with Crippen molar-refractivity contribution in [1.29, 1.82) is 0 Å². The maximum absolute atomic E-state index is 12.3. The lowest BCUT2D eigenvalue weighted by atomic mass is 10.0. The van der Waals surface area contributed by atoms with Crippen LogP contribution in [0.3, 0.4) is 0 Å². The van der Waals surface area contributed by atoms with Crippen molar-refractivity contribution in [2.24, 2.45) is 5.92 Å².